The first-order valence-corrected chi connectivity index (χ1v) is 8.72. The van der Waals surface area contributed by atoms with Crippen molar-refractivity contribution in [3.8, 4) is 0 Å². The molecule has 0 bridgehead atoms. The number of nitrogens with zero attached hydrogens (tertiary/aromatic N) is 1. The highest BCUT2D eigenvalue weighted by atomic mass is 35.5. The summed E-state index contributed by atoms with van der Waals surface area (Å²) in [4.78, 5) is 0. The molecule has 2 saturated carbocycles. The van der Waals surface area contributed by atoms with Crippen LogP contribution in [0.15, 0.2) is 21.6 Å². The summed E-state index contributed by atoms with van der Waals surface area (Å²) in [5.74, 6) is 1.77. The largest absolute Gasteiger partial charge is 0.447 e. The van der Waals surface area contributed by atoms with E-state index in [1.54, 1.807) is 10.4 Å². The molecule has 0 unspecified atom stereocenters. The first-order valence-electron chi connectivity index (χ1n) is 6.74. The highest BCUT2D eigenvalue weighted by Crippen LogP contribution is 2.36. The van der Waals surface area contributed by atoms with Gasteiger partial charge in [0.15, 0.2) is 0 Å². The van der Waals surface area contributed by atoms with E-state index in [-0.39, 0.29) is 11.0 Å². The number of alkyl halides is 1. The van der Waals surface area contributed by atoms with Crippen molar-refractivity contribution in [3.05, 3.63) is 17.9 Å². The summed E-state index contributed by atoms with van der Waals surface area (Å²) < 4.78 is 32.1. The topological polar surface area (TPSA) is 50.5 Å². The quantitative estimate of drug-likeness (QED) is 0.728. The molecule has 4 nitrogen and oxygen atoms in total. The van der Waals surface area contributed by atoms with E-state index in [1.807, 2.05) is 0 Å². The zero-order valence-corrected chi connectivity index (χ0v) is 12.3. The van der Waals surface area contributed by atoms with Crippen LogP contribution in [0.1, 0.15) is 31.4 Å². The highest BCUT2D eigenvalue weighted by Gasteiger charge is 2.37. The van der Waals surface area contributed by atoms with Gasteiger partial charge in [-0.1, -0.05) is 0 Å². The number of furan rings is 1. The second kappa shape index (κ2) is 5.11. The number of hydrogen-bond acceptors (Lipinski definition) is 3. The summed E-state index contributed by atoms with van der Waals surface area (Å²) in [6.07, 6.45) is 4.56. The van der Waals surface area contributed by atoms with Crippen LogP contribution in [-0.2, 0) is 15.9 Å². The minimum atomic E-state index is -3.49. The molecule has 0 spiro atoms. The van der Waals surface area contributed by atoms with Gasteiger partial charge >= 0.3 is 0 Å². The van der Waals surface area contributed by atoms with Gasteiger partial charge in [0.1, 0.15) is 5.76 Å². The van der Waals surface area contributed by atoms with Crippen LogP contribution < -0.4 is 0 Å². The third-order valence-electron chi connectivity index (χ3n) is 3.68. The summed E-state index contributed by atoms with van der Waals surface area (Å²) in [5.41, 5.74) is 0. The summed E-state index contributed by atoms with van der Waals surface area (Å²) in [6, 6.07) is 3.14. The fourth-order valence-electron chi connectivity index (χ4n) is 2.14. The summed E-state index contributed by atoms with van der Waals surface area (Å²) in [7, 11) is -3.49. The van der Waals surface area contributed by atoms with Gasteiger partial charge in [-0.05, 0) is 49.7 Å². The van der Waals surface area contributed by atoms with Crippen molar-refractivity contribution >= 4 is 21.6 Å². The predicted molar refractivity (Wildman–Crippen MR) is 72.5 cm³/mol. The molecule has 1 heterocycles. The molecule has 2 aliphatic rings. The number of sulfonamides is 1. The first kappa shape index (κ1) is 13.5. The molecule has 0 aliphatic heterocycles. The van der Waals surface area contributed by atoms with Gasteiger partial charge in [0, 0.05) is 13.1 Å². The van der Waals surface area contributed by atoms with Crippen molar-refractivity contribution in [2.45, 2.75) is 36.7 Å². The van der Waals surface area contributed by atoms with Gasteiger partial charge in [0.05, 0.1) is 5.88 Å². The Balaban J connectivity index is 1.80. The smallest absolute Gasteiger partial charge is 0.276 e. The van der Waals surface area contributed by atoms with Crippen LogP contribution in [0, 0.1) is 11.8 Å². The van der Waals surface area contributed by atoms with Gasteiger partial charge < -0.3 is 4.42 Å². The van der Waals surface area contributed by atoms with Crippen LogP contribution in [0.4, 0.5) is 0 Å². The molecule has 0 aromatic carbocycles. The average molecular weight is 304 g/mol. The van der Waals surface area contributed by atoms with Gasteiger partial charge in [-0.3, -0.25) is 0 Å². The molecule has 0 atom stereocenters. The molecular formula is C13H18ClNO3S. The molecule has 0 saturated heterocycles. The minimum absolute atomic E-state index is 0.0319. The Labute approximate surface area is 118 Å². The minimum Gasteiger partial charge on any atom is -0.447 e. The van der Waals surface area contributed by atoms with Gasteiger partial charge in [-0.15, -0.1) is 11.6 Å². The van der Waals surface area contributed by atoms with E-state index in [2.05, 4.69) is 0 Å². The molecule has 2 aliphatic carbocycles. The lowest BCUT2D eigenvalue weighted by Crippen LogP contribution is -2.34. The standard InChI is InChI=1S/C13H18ClNO3S/c14-7-12-5-6-13(18-12)19(16,17)15(8-10-1-2-10)9-11-3-4-11/h5-6,10-11H,1-4,7-9H2. The zero-order chi connectivity index (χ0) is 13.5. The van der Waals surface area contributed by atoms with Crippen molar-refractivity contribution in [3.63, 3.8) is 0 Å². The van der Waals surface area contributed by atoms with Crippen molar-refractivity contribution in [1.29, 1.82) is 0 Å². The molecule has 0 N–H and O–H groups in total. The van der Waals surface area contributed by atoms with Gasteiger partial charge in [0.25, 0.3) is 10.0 Å². The van der Waals surface area contributed by atoms with Crippen molar-refractivity contribution < 1.29 is 12.8 Å². The van der Waals surface area contributed by atoms with Crippen molar-refractivity contribution in [1.82, 2.24) is 4.31 Å². The Morgan fingerprint density at radius 2 is 1.74 bits per heavy atom. The third-order valence-corrected chi connectivity index (χ3v) is 5.65. The molecule has 0 amide bonds. The highest BCUT2D eigenvalue weighted by molar-refractivity contribution is 7.89. The van der Waals surface area contributed by atoms with Crippen LogP contribution in [0.25, 0.3) is 0 Å². The van der Waals surface area contributed by atoms with E-state index >= 15 is 0 Å². The fraction of sp³-hybridized carbons (Fsp3) is 0.692. The lowest BCUT2D eigenvalue weighted by Gasteiger charge is -2.20. The summed E-state index contributed by atoms with van der Waals surface area (Å²) in [5, 5.41) is 0.0319. The maximum Gasteiger partial charge on any atom is 0.276 e. The van der Waals surface area contributed by atoms with Crippen LogP contribution in [0.3, 0.4) is 0 Å². The first-order chi connectivity index (χ1) is 9.09. The summed E-state index contributed by atoms with van der Waals surface area (Å²) in [6.45, 7) is 1.27. The van der Waals surface area contributed by atoms with Gasteiger partial charge in [-0.25, -0.2) is 8.42 Å². The lowest BCUT2D eigenvalue weighted by atomic mass is 10.4. The molecule has 2 fully saturated rings. The molecular weight excluding hydrogens is 286 g/mol. The second-order valence-corrected chi connectivity index (χ2v) is 7.70. The van der Waals surface area contributed by atoms with E-state index in [0.29, 0.717) is 30.7 Å². The molecule has 0 radical (unpaired) electrons. The van der Waals surface area contributed by atoms with Gasteiger partial charge in [-0.2, -0.15) is 4.31 Å². The van der Waals surface area contributed by atoms with Crippen molar-refractivity contribution in [2.75, 3.05) is 13.1 Å². The molecule has 6 heteroatoms. The zero-order valence-electron chi connectivity index (χ0n) is 10.7. The maximum atomic E-state index is 12.6. The number of rotatable bonds is 7. The van der Waals surface area contributed by atoms with Crippen LogP contribution in [0.5, 0.6) is 0 Å². The van der Waals surface area contributed by atoms with Gasteiger partial charge in [0.2, 0.25) is 5.09 Å². The van der Waals surface area contributed by atoms with E-state index in [4.69, 9.17) is 16.0 Å². The van der Waals surface area contributed by atoms with Crippen LogP contribution in [0.2, 0.25) is 0 Å². The fourth-order valence-corrected chi connectivity index (χ4v) is 3.81. The summed E-state index contributed by atoms with van der Waals surface area (Å²) >= 11 is 5.66. The van der Waals surface area contributed by atoms with E-state index in [9.17, 15) is 8.42 Å². The molecule has 1 aromatic rings. The van der Waals surface area contributed by atoms with E-state index < -0.39 is 10.0 Å². The Hall–Kier alpha value is -0.520. The van der Waals surface area contributed by atoms with Crippen LogP contribution >= 0.6 is 11.6 Å². The Bertz CT molecular complexity index is 532. The SMILES string of the molecule is O=S(=O)(c1ccc(CCl)o1)N(CC1CC1)CC1CC1. The molecule has 19 heavy (non-hydrogen) atoms. The molecule has 106 valence electrons. The lowest BCUT2D eigenvalue weighted by molar-refractivity contribution is 0.354. The normalized spacial score (nSPS) is 20.1. The Morgan fingerprint density at radius 3 is 2.16 bits per heavy atom. The second-order valence-electron chi connectivity index (χ2n) is 5.56. The Kier molecular flexibility index (Phi) is 3.62. The Morgan fingerprint density at radius 1 is 1.16 bits per heavy atom. The molecule has 1 aromatic heterocycles. The monoisotopic (exact) mass is 303 g/mol. The number of halogens is 1. The van der Waals surface area contributed by atoms with Crippen LogP contribution in [-0.4, -0.2) is 25.8 Å². The molecule has 3 rings (SSSR count). The van der Waals surface area contributed by atoms with E-state index in [0.717, 1.165) is 25.7 Å². The van der Waals surface area contributed by atoms with Crippen molar-refractivity contribution in [2.24, 2.45) is 11.8 Å². The average Bonchev–Trinajstić information content (AvgIpc) is 3.30. The maximum absolute atomic E-state index is 12.6. The third kappa shape index (κ3) is 3.15. The predicted octanol–water partition coefficient (Wildman–Crippen LogP) is 2.83. The van der Waals surface area contributed by atoms with E-state index in [1.165, 1.54) is 6.07 Å². The number of hydrogen-bond donors (Lipinski definition) is 0.